The van der Waals surface area contributed by atoms with E-state index in [1.165, 1.54) is 0 Å². The fourth-order valence-electron chi connectivity index (χ4n) is 2.77. The largest absolute Gasteiger partial charge is 0.390 e. The maximum atomic E-state index is 10.4. The van der Waals surface area contributed by atoms with E-state index in [-0.39, 0.29) is 24.2 Å². The smallest absolute Gasteiger partial charge is 0.186 e. The van der Waals surface area contributed by atoms with Crippen LogP contribution in [-0.4, -0.2) is 56.1 Å². The van der Waals surface area contributed by atoms with Crippen molar-refractivity contribution >= 4 is 0 Å². The maximum absolute atomic E-state index is 10.4. The monoisotopic (exact) mass is 332 g/mol. The van der Waals surface area contributed by atoms with Crippen molar-refractivity contribution in [3.05, 3.63) is 0 Å². The average Bonchev–Trinajstić information content (AvgIpc) is 2.55. The van der Waals surface area contributed by atoms with Gasteiger partial charge in [0.2, 0.25) is 0 Å². The zero-order valence-corrected chi connectivity index (χ0v) is 15.5. The lowest BCUT2D eigenvalue weighted by atomic mass is 9.93. The van der Waals surface area contributed by atoms with Gasteiger partial charge in [-0.15, -0.1) is 0 Å². The minimum absolute atomic E-state index is 0.101. The SMILES string of the molecule is CCCCO[C@H]1[C@@H](OC)O[C@H]([C@H](O)C(C)C)C[C@@H]1OCCCC. The van der Waals surface area contributed by atoms with Gasteiger partial charge < -0.3 is 24.1 Å². The molecule has 1 fully saturated rings. The Bertz CT molecular complexity index is 297. The number of hydrogen-bond donors (Lipinski definition) is 1. The fraction of sp³-hybridized carbons (Fsp3) is 1.00. The van der Waals surface area contributed by atoms with Crippen molar-refractivity contribution in [3.63, 3.8) is 0 Å². The molecule has 138 valence electrons. The van der Waals surface area contributed by atoms with Gasteiger partial charge in [-0.1, -0.05) is 40.5 Å². The molecule has 1 saturated heterocycles. The Labute approximate surface area is 141 Å². The van der Waals surface area contributed by atoms with E-state index in [0.29, 0.717) is 19.6 Å². The highest BCUT2D eigenvalue weighted by atomic mass is 16.7. The number of rotatable bonds is 11. The molecule has 5 heteroatoms. The summed E-state index contributed by atoms with van der Waals surface area (Å²) in [6, 6.07) is 0. The van der Waals surface area contributed by atoms with Gasteiger partial charge in [-0.25, -0.2) is 0 Å². The van der Waals surface area contributed by atoms with Crippen LogP contribution in [0.15, 0.2) is 0 Å². The lowest BCUT2D eigenvalue weighted by Crippen LogP contribution is -2.55. The summed E-state index contributed by atoms with van der Waals surface area (Å²) in [5.41, 5.74) is 0. The Hall–Kier alpha value is -0.200. The fourth-order valence-corrected chi connectivity index (χ4v) is 2.77. The van der Waals surface area contributed by atoms with Gasteiger partial charge in [-0.3, -0.25) is 0 Å². The molecular weight excluding hydrogens is 296 g/mol. The second-order valence-electron chi connectivity index (χ2n) is 6.70. The molecule has 0 aliphatic carbocycles. The normalized spacial score (nSPS) is 29.9. The topological polar surface area (TPSA) is 57.2 Å². The molecule has 1 heterocycles. The van der Waals surface area contributed by atoms with Gasteiger partial charge in [0.1, 0.15) is 6.10 Å². The van der Waals surface area contributed by atoms with Gasteiger partial charge in [-0.05, 0) is 18.8 Å². The Balaban J connectivity index is 2.74. The molecule has 5 atom stereocenters. The lowest BCUT2D eigenvalue weighted by Gasteiger charge is -2.42. The third-order valence-corrected chi connectivity index (χ3v) is 4.34. The van der Waals surface area contributed by atoms with E-state index < -0.39 is 12.4 Å². The second kappa shape index (κ2) is 11.4. The molecular formula is C18H36O5. The van der Waals surface area contributed by atoms with E-state index in [0.717, 1.165) is 25.7 Å². The molecule has 0 amide bonds. The number of ether oxygens (including phenoxy) is 4. The van der Waals surface area contributed by atoms with Crippen molar-refractivity contribution in [2.45, 2.75) is 90.5 Å². The molecule has 1 aliphatic heterocycles. The van der Waals surface area contributed by atoms with Gasteiger partial charge in [0, 0.05) is 26.7 Å². The summed E-state index contributed by atoms with van der Waals surface area (Å²) in [6.45, 7) is 9.65. The van der Waals surface area contributed by atoms with Crippen LogP contribution in [0.5, 0.6) is 0 Å². The van der Waals surface area contributed by atoms with Crippen LogP contribution in [-0.2, 0) is 18.9 Å². The summed E-state index contributed by atoms with van der Waals surface area (Å²) in [4.78, 5) is 0. The summed E-state index contributed by atoms with van der Waals surface area (Å²) in [5, 5.41) is 10.4. The van der Waals surface area contributed by atoms with Gasteiger partial charge in [0.25, 0.3) is 0 Å². The van der Waals surface area contributed by atoms with Crippen molar-refractivity contribution < 1.29 is 24.1 Å². The van der Waals surface area contributed by atoms with Crippen LogP contribution in [0.1, 0.15) is 59.8 Å². The van der Waals surface area contributed by atoms with E-state index in [1.54, 1.807) is 7.11 Å². The van der Waals surface area contributed by atoms with Crippen LogP contribution in [0.3, 0.4) is 0 Å². The van der Waals surface area contributed by atoms with Crippen LogP contribution in [0, 0.1) is 5.92 Å². The zero-order valence-electron chi connectivity index (χ0n) is 15.5. The van der Waals surface area contributed by atoms with Gasteiger partial charge in [0.05, 0.1) is 18.3 Å². The molecule has 5 nitrogen and oxygen atoms in total. The predicted octanol–water partition coefficient (Wildman–Crippen LogP) is 3.14. The molecule has 0 radical (unpaired) electrons. The minimum atomic E-state index is -0.526. The van der Waals surface area contributed by atoms with Crippen molar-refractivity contribution in [2.24, 2.45) is 5.92 Å². The quantitative estimate of drug-likeness (QED) is 0.589. The summed E-state index contributed by atoms with van der Waals surface area (Å²) in [6.07, 6.45) is 3.21. The Kier molecular flexibility index (Phi) is 10.3. The highest BCUT2D eigenvalue weighted by Gasteiger charge is 2.43. The molecule has 0 aromatic carbocycles. The molecule has 1 aliphatic rings. The number of unbranched alkanes of at least 4 members (excludes halogenated alkanes) is 2. The Morgan fingerprint density at radius 3 is 2.22 bits per heavy atom. The van der Waals surface area contributed by atoms with Crippen molar-refractivity contribution in [1.82, 2.24) is 0 Å². The third-order valence-electron chi connectivity index (χ3n) is 4.34. The highest BCUT2D eigenvalue weighted by molar-refractivity contribution is 4.88. The predicted molar refractivity (Wildman–Crippen MR) is 90.4 cm³/mol. The van der Waals surface area contributed by atoms with E-state index >= 15 is 0 Å². The molecule has 0 spiro atoms. The van der Waals surface area contributed by atoms with Gasteiger partial charge >= 0.3 is 0 Å². The van der Waals surface area contributed by atoms with E-state index in [1.807, 2.05) is 13.8 Å². The zero-order chi connectivity index (χ0) is 17.2. The second-order valence-corrected chi connectivity index (χ2v) is 6.70. The minimum Gasteiger partial charge on any atom is -0.390 e. The first-order chi connectivity index (χ1) is 11.0. The van der Waals surface area contributed by atoms with Crippen LogP contribution >= 0.6 is 0 Å². The van der Waals surface area contributed by atoms with Crippen LogP contribution in [0.2, 0.25) is 0 Å². The van der Waals surface area contributed by atoms with E-state index in [4.69, 9.17) is 18.9 Å². The van der Waals surface area contributed by atoms with Crippen LogP contribution < -0.4 is 0 Å². The number of aliphatic hydroxyl groups is 1. The lowest BCUT2D eigenvalue weighted by molar-refractivity contribution is -0.290. The molecule has 1 rings (SSSR count). The van der Waals surface area contributed by atoms with Gasteiger partial charge in [-0.2, -0.15) is 0 Å². The van der Waals surface area contributed by atoms with E-state index in [9.17, 15) is 5.11 Å². The molecule has 0 aromatic heterocycles. The van der Waals surface area contributed by atoms with Crippen molar-refractivity contribution in [3.8, 4) is 0 Å². The van der Waals surface area contributed by atoms with Gasteiger partial charge in [0.15, 0.2) is 6.29 Å². The standard InChI is InChI=1S/C18H36O5/c1-6-8-10-21-15-12-14(16(19)13(3)4)23-18(20-5)17(15)22-11-9-7-2/h13-19H,6-12H2,1-5H3/t14-,15-,16+,17+,18-/m0/s1. The molecule has 0 bridgehead atoms. The van der Waals surface area contributed by atoms with Crippen molar-refractivity contribution in [2.75, 3.05) is 20.3 Å². The summed E-state index contributed by atoms with van der Waals surface area (Å²) in [7, 11) is 1.62. The molecule has 0 unspecified atom stereocenters. The number of methoxy groups -OCH3 is 1. The van der Waals surface area contributed by atoms with E-state index in [2.05, 4.69) is 13.8 Å². The molecule has 0 saturated carbocycles. The van der Waals surface area contributed by atoms with Crippen LogP contribution in [0.4, 0.5) is 0 Å². The molecule has 23 heavy (non-hydrogen) atoms. The maximum Gasteiger partial charge on any atom is 0.186 e. The Morgan fingerprint density at radius 1 is 1.09 bits per heavy atom. The first-order valence-electron chi connectivity index (χ1n) is 9.14. The number of aliphatic hydroxyl groups excluding tert-OH is 1. The summed E-state index contributed by atoms with van der Waals surface area (Å²) in [5.74, 6) is 0.131. The first-order valence-corrected chi connectivity index (χ1v) is 9.14. The molecule has 1 N–H and O–H groups in total. The number of hydrogen-bond acceptors (Lipinski definition) is 5. The summed E-state index contributed by atoms with van der Waals surface area (Å²) < 4.78 is 23.5. The first kappa shape index (κ1) is 20.8. The highest BCUT2D eigenvalue weighted by Crippen LogP contribution is 2.29. The van der Waals surface area contributed by atoms with Crippen molar-refractivity contribution in [1.29, 1.82) is 0 Å². The van der Waals surface area contributed by atoms with Crippen LogP contribution in [0.25, 0.3) is 0 Å². The third kappa shape index (κ3) is 6.67. The Morgan fingerprint density at radius 2 is 1.70 bits per heavy atom. The average molecular weight is 332 g/mol. The molecule has 0 aromatic rings. The summed E-state index contributed by atoms with van der Waals surface area (Å²) >= 11 is 0.